The van der Waals surface area contributed by atoms with Crippen molar-refractivity contribution in [3.63, 3.8) is 0 Å². The normalized spacial score (nSPS) is 15.9. The summed E-state index contributed by atoms with van der Waals surface area (Å²) < 4.78 is 11.3. The standard InChI is InChI=1S/C15H21NO2/c1-11(2)10-16-12(3)13-5-6-14-15(9-13)18-8-4-7-17-14/h5-6,9,12,16H,1,4,7-8,10H2,2-3H3. The van der Waals surface area contributed by atoms with Crippen molar-refractivity contribution in [2.75, 3.05) is 19.8 Å². The lowest BCUT2D eigenvalue weighted by molar-refractivity contribution is 0.297. The summed E-state index contributed by atoms with van der Waals surface area (Å²) >= 11 is 0. The van der Waals surface area contributed by atoms with Crippen molar-refractivity contribution in [3.8, 4) is 11.5 Å². The number of hydrogen-bond acceptors (Lipinski definition) is 3. The zero-order valence-electron chi connectivity index (χ0n) is 11.2. The molecule has 1 heterocycles. The van der Waals surface area contributed by atoms with E-state index in [2.05, 4.69) is 31.0 Å². The molecule has 3 nitrogen and oxygen atoms in total. The molecule has 0 amide bonds. The molecule has 0 bridgehead atoms. The molecule has 0 aromatic heterocycles. The van der Waals surface area contributed by atoms with Crippen molar-refractivity contribution in [3.05, 3.63) is 35.9 Å². The minimum Gasteiger partial charge on any atom is -0.490 e. The van der Waals surface area contributed by atoms with Crippen molar-refractivity contribution in [1.29, 1.82) is 0 Å². The summed E-state index contributed by atoms with van der Waals surface area (Å²) in [7, 11) is 0. The van der Waals surface area contributed by atoms with Crippen molar-refractivity contribution >= 4 is 0 Å². The van der Waals surface area contributed by atoms with E-state index in [1.807, 2.05) is 13.0 Å². The highest BCUT2D eigenvalue weighted by Crippen LogP contribution is 2.32. The summed E-state index contributed by atoms with van der Waals surface area (Å²) in [5, 5.41) is 3.42. The van der Waals surface area contributed by atoms with Gasteiger partial charge in [-0.1, -0.05) is 18.2 Å². The summed E-state index contributed by atoms with van der Waals surface area (Å²) in [6, 6.07) is 6.42. The molecule has 1 aromatic carbocycles. The first-order valence-electron chi connectivity index (χ1n) is 6.44. The second kappa shape index (κ2) is 5.91. The smallest absolute Gasteiger partial charge is 0.161 e. The molecule has 0 fully saturated rings. The van der Waals surface area contributed by atoms with E-state index in [0.29, 0.717) is 0 Å². The van der Waals surface area contributed by atoms with E-state index in [1.165, 1.54) is 5.56 Å². The van der Waals surface area contributed by atoms with E-state index >= 15 is 0 Å². The molecule has 1 aromatic rings. The van der Waals surface area contributed by atoms with Crippen molar-refractivity contribution in [2.24, 2.45) is 0 Å². The third kappa shape index (κ3) is 3.26. The van der Waals surface area contributed by atoms with E-state index < -0.39 is 0 Å². The molecule has 1 atom stereocenters. The summed E-state index contributed by atoms with van der Waals surface area (Å²) in [4.78, 5) is 0. The van der Waals surface area contributed by atoms with E-state index in [-0.39, 0.29) is 6.04 Å². The van der Waals surface area contributed by atoms with Crippen LogP contribution in [0.3, 0.4) is 0 Å². The Bertz CT molecular complexity index is 429. The molecule has 0 aliphatic carbocycles. The fraction of sp³-hybridized carbons (Fsp3) is 0.467. The molecule has 98 valence electrons. The molecular weight excluding hydrogens is 226 g/mol. The van der Waals surface area contributed by atoms with Crippen LogP contribution in [0.1, 0.15) is 31.9 Å². The number of ether oxygens (including phenoxy) is 2. The van der Waals surface area contributed by atoms with E-state index in [0.717, 1.165) is 43.3 Å². The molecule has 0 saturated carbocycles. The van der Waals surface area contributed by atoms with Crippen molar-refractivity contribution in [1.82, 2.24) is 5.32 Å². The first kappa shape index (κ1) is 13.0. The average Bonchev–Trinajstić information content (AvgIpc) is 2.60. The maximum atomic E-state index is 5.69. The van der Waals surface area contributed by atoms with Gasteiger partial charge in [0.15, 0.2) is 11.5 Å². The molecule has 18 heavy (non-hydrogen) atoms. The zero-order chi connectivity index (χ0) is 13.0. The topological polar surface area (TPSA) is 30.5 Å². The number of rotatable bonds is 4. The first-order valence-corrected chi connectivity index (χ1v) is 6.44. The predicted octanol–water partition coefficient (Wildman–Crippen LogP) is 3.07. The van der Waals surface area contributed by atoms with Gasteiger partial charge in [-0.05, 0) is 31.5 Å². The summed E-state index contributed by atoms with van der Waals surface area (Å²) in [6.07, 6.45) is 0.938. The molecule has 3 heteroatoms. The lowest BCUT2D eigenvalue weighted by Crippen LogP contribution is -2.20. The van der Waals surface area contributed by atoms with Gasteiger partial charge in [0, 0.05) is 19.0 Å². The van der Waals surface area contributed by atoms with Gasteiger partial charge in [-0.25, -0.2) is 0 Å². The minimum absolute atomic E-state index is 0.277. The van der Waals surface area contributed by atoms with Gasteiger partial charge in [0.2, 0.25) is 0 Å². The average molecular weight is 247 g/mol. The van der Waals surface area contributed by atoms with Gasteiger partial charge >= 0.3 is 0 Å². The van der Waals surface area contributed by atoms with Gasteiger partial charge in [0.1, 0.15) is 0 Å². The van der Waals surface area contributed by atoms with Gasteiger partial charge in [-0.2, -0.15) is 0 Å². The van der Waals surface area contributed by atoms with Crippen LogP contribution in [0, 0.1) is 0 Å². The second-order valence-corrected chi connectivity index (χ2v) is 4.82. The maximum Gasteiger partial charge on any atom is 0.161 e. The molecule has 0 radical (unpaired) electrons. The second-order valence-electron chi connectivity index (χ2n) is 4.82. The van der Waals surface area contributed by atoms with Gasteiger partial charge in [-0.3, -0.25) is 0 Å². The van der Waals surface area contributed by atoms with Crippen LogP contribution in [-0.4, -0.2) is 19.8 Å². The van der Waals surface area contributed by atoms with Crippen LogP contribution in [0.5, 0.6) is 11.5 Å². The highest BCUT2D eigenvalue weighted by molar-refractivity contribution is 5.44. The lowest BCUT2D eigenvalue weighted by atomic mass is 10.1. The van der Waals surface area contributed by atoms with Gasteiger partial charge < -0.3 is 14.8 Å². The van der Waals surface area contributed by atoms with Crippen LogP contribution in [0.2, 0.25) is 0 Å². The highest BCUT2D eigenvalue weighted by atomic mass is 16.5. The fourth-order valence-electron chi connectivity index (χ4n) is 1.89. The van der Waals surface area contributed by atoms with E-state index in [9.17, 15) is 0 Å². The highest BCUT2D eigenvalue weighted by Gasteiger charge is 2.13. The van der Waals surface area contributed by atoms with Gasteiger partial charge in [0.25, 0.3) is 0 Å². The van der Waals surface area contributed by atoms with Crippen molar-refractivity contribution in [2.45, 2.75) is 26.3 Å². The van der Waals surface area contributed by atoms with Crippen LogP contribution in [0.4, 0.5) is 0 Å². The van der Waals surface area contributed by atoms with Crippen molar-refractivity contribution < 1.29 is 9.47 Å². The summed E-state index contributed by atoms with van der Waals surface area (Å²) in [6.45, 7) is 10.3. The predicted molar refractivity (Wildman–Crippen MR) is 73.3 cm³/mol. The molecule has 2 rings (SSSR count). The van der Waals surface area contributed by atoms with Gasteiger partial charge in [-0.15, -0.1) is 0 Å². The van der Waals surface area contributed by atoms with Crippen LogP contribution in [-0.2, 0) is 0 Å². The number of nitrogens with one attached hydrogen (secondary N) is 1. The Morgan fingerprint density at radius 1 is 1.33 bits per heavy atom. The zero-order valence-corrected chi connectivity index (χ0v) is 11.2. The largest absolute Gasteiger partial charge is 0.490 e. The SMILES string of the molecule is C=C(C)CNC(C)c1ccc2c(c1)OCCCO2. The Morgan fingerprint density at radius 2 is 2.06 bits per heavy atom. The molecule has 1 aliphatic rings. The Morgan fingerprint density at radius 3 is 2.78 bits per heavy atom. The van der Waals surface area contributed by atoms with Crippen LogP contribution in [0.15, 0.2) is 30.4 Å². The molecule has 0 spiro atoms. The minimum atomic E-state index is 0.277. The fourth-order valence-corrected chi connectivity index (χ4v) is 1.89. The summed E-state index contributed by atoms with van der Waals surface area (Å²) in [5.41, 5.74) is 2.34. The van der Waals surface area contributed by atoms with Crippen LogP contribution < -0.4 is 14.8 Å². The Balaban J connectivity index is 2.09. The lowest BCUT2D eigenvalue weighted by Gasteiger charge is -2.16. The first-order chi connectivity index (χ1) is 8.66. The molecular formula is C15H21NO2. The van der Waals surface area contributed by atoms with E-state index in [1.54, 1.807) is 0 Å². The maximum absolute atomic E-state index is 5.69. The number of hydrogen-bond donors (Lipinski definition) is 1. The van der Waals surface area contributed by atoms with Crippen LogP contribution in [0.25, 0.3) is 0 Å². The molecule has 1 aliphatic heterocycles. The number of benzene rings is 1. The Hall–Kier alpha value is -1.48. The third-order valence-electron chi connectivity index (χ3n) is 2.98. The monoisotopic (exact) mass is 247 g/mol. The van der Waals surface area contributed by atoms with Gasteiger partial charge in [0.05, 0.1) is 13.2 Å². The van der Waals surface area contributed by atoms with Crippen LogP contribution >= 0.6 is 0 Å². The Labute approximate surface area is 109 Å². The van der Waals surface area contributed by atoms with E-state index in [4.69, 9.17) is 9.47 Å². The molecule has 1 N–H and O–H groups in total. The number of fused-ring (bicyclic) bond motifs is 1. The Kier molecular flexibility index (Phi) is 4.26. The molecule has 0 saturated heterocycles. The summed E-state index contributed by atoms with van der Waals surface area (Å²) in [5.74, 6) is 1.71. The quantitative estimate of drug-likeness (QED) is 0.829. The third-order valence-corrected chi connectivity index (χ3v) is 2.98. The molecule has 1 unspecified atom stereocenters.